The number of fused-ring (bicyclic) bond motifs is 1. The molecule has 0 radical (unpaired) electrons. The van der Waals surface area contributed by atoms with Crippen molar-refractivity contribution in [3.8, 4) is 5.75 Å². The van der Waals surface area contributed by atoms with E-state index in [1.807, 2.05) is 0 Å². The van der Waals surface area contributed by atoms with Gasteiger partial charge < -0.3 is 20.7 Å². The van der Waals surface area contributed by atoms with Crippen molar-refractivity contribution in [2.75, 3.05) is 26.0 Å². The highest BCUT2D eigenvalue weighted by atomic mass is 16.5. The van der Waals surface area contributed by atoms with Gasteiger partial charge in [0.05, 0.1) is 5.69 Å². The molecule has 0 aromatic heterocycles. The maximum Gasteiger partial charge on any atom is 0.262 e. The summed E-state index contributed by atoms with van der Waals surface area (Å²) in [5, 5.41) is 8.22. The van der Waals surface area contributed by atoms with Crippen LogP contribution in [0.5, 0.6) is 5.75 Å². The van der Waals surface area contributed by atoms with Gasteiger partial charge in [0, 0.05) is 7.05 Å². The summed E-state index contributed by atoms with van der Waals surface area (Å²) in [5.74, 6) is 0.284. The van der Waals surface area contributed by atoms with Crippen molar-refractivity contribution in [2.24, 2.45) is 0 Å². The molecule has 2 rings (SSSR count). The van der Waals surface area contributed by atoms with Gasteiger partial charge >= 0.3 is 0 Å². The molecule has 1 atom stereocenters. The number of amides is 2. The molecule has 0 bridgehead atoms. The molecule has 1 aromatic rings. The Hall–Kier alpha value is -2.08. The first-order chi connectivity index (χ1) is 8.65. The van der Waals surface area contributed by atoms with Crippen molar-refractivity contribution < 1.29 is 14.3 Å². The van der Waals surface area contributed by atoms with Gasteiger partial charge in [0.15, 0.2) is 6.61 Å². The lowest BCUT2D eigenvalue weighted by Gasteiger charge is -2.21. The minimum atomic E-state index is -0.459. The SMILES string of the molecule is CNC(=O)C(NC)c1ccc2c(c1)NC(=O)CO2. The van der Waals surface area contributed by atoms with Crippen LogP contribution >= 0.6 is 0 Å². The zero-order valence-electron chi connectivity index (χ0n) is 10.2. The summed E-state index contributed by atoms with van der Waals surface area (Å²) < 4.78 is 5.26. The third-order valence-electron chi connectivity index (χ3n) is 2.77. The van der Waals surface area contributed by atoms with E-state index in [0.29, 0.717) is 11.4 Å². The molecule has 96 valence electrons. The van der Waals surface area contributed by atoms with Crippen LogP contribution in [0.1, 0.15) is 11.6 Å². The Labute approximate surface area is 105 Å². The highest BCUT2D eigenvalue weighted by Crippen LogP contribution is 2.30. The Kier molecular flexibility index (Phi) is 3.47. The van der Waals surface area contributed by atoms with Crippen LogP contribution in [0.2, 0.25) is 0 Å². The number of hydrogen-bond acceptors (Lipinski definition) is 4. The summed E-state index contributed by atoms with van der Waals surface area (Å²) in [6.45, 7) is 0.0250. The minimum absolute atomic E-state index is 0.0250. The van der Waals surface area contributed by atoms with Crippen LogP contribution in [0.3, 0.4) is 0 Å². The van der Waals surface area contributed by atoms with Crippen LogP contribution in [-0.4, -0.2) is 32.5 Å². The largest absolute Gasteiger partial charge is 0.482 e. The number of carbonyl (C=O) groups is 2. The van der Waals surface area contributed by atoms with E-state index in [9.17, 15) is 9.59 Å². The molecular formula is C12H15N3O3. The number of anilines is 1. The second kappa shape index (κ2) is 5.05. The Morgan fingerprint density at radius 3 is 2.89 bits per heavy atom. The Bertz CT molecular complexity index is 487. The maximum absolute atomic E-state index is 11.7. The predicted molar refractivity (Wildman–Crippen MR) is 66.4 cm³/mol. The van der Waals surface area contributed by atoms with E-state index < -0.39 is 6.04 Å². The predicted octanol–water partition coefficient (Wildman–Crippen LogP) is 0.0240. The van der Waals surface area contributed by atoms with E-state index in [2.05, 4.69) is 16.0 Å². The van der Waals surface area contributed by atoms with Crippen LogP contribution in [-0.2, 0) is 9.59 Å². The van der Waals surface area contributed by atoms with Crippen molar-refractivity contribution in [1.82, 2.24) is 10.6 Å². The molecule has 0 fully saturated rings. The number of rotatable bonds is 3. The fraction of sp³-hybridized carbons (Fsp3) is 0.333. The van der Waals surface area contributed by atoms with Crippen LogP contribution in [0.15, 0.2) is 18.2 Å². The summed E-state index contributed by atoms with van der Waals surface area (Å²) in [6.07, 6.45) is 0. The summed E-state index contributed by atoms with van der Waals surface area (Å²) in [6, 6.07) is 4.83. The summed E-state index contributed by atoms with van der Waals surface area (Å²) in [4.78, 5) is 22.9. The first kappa shape index (κ1) is 12.4. The van der Waals surface area contributed by atoms with E-state index in [4.69, 9.17) is 4.74 Å². The second-order valence-electron chi connectivity index (χ2n) is 3.93. The van der Waals surface area contributed by atoms with Crippen LogP contribution in [0.4, 0.5) is 5.69 Å². The average molecular weight is 249 g/mol. The van der Waals surface area contributed by atoms with E-state index in [1.54, 1.807) is 32.3 Å². The molecule has 0 spiro atoms. The standard InChI is InChI=1S/C12H15N3O3/c1-13-11(12(17)14-2)7-3-4-9-8(5-7)15-10(16)6-18-9/h3-5,11,13H,6H2,1-2H3,(H,14,17)(H,15,16). The summed E-state index contributed by atoms with van der Waals surface area (Å²) in [5.41, 5.74) is 1.36. The average Bonchev–Trinajstić information content (AvgIpc) is 2.38. The lowest BCUT2D eigenvalue weighted by molar-refractivity contribution is -0.122. The molecule has 1 aromatic carbocycles. The number of benzene rings is 1. The van der Waals surface area contributed by atoms with Crippen LogP contribution in [0.25, 0.3) is 0 Å². The highest BCUT2D eigenvalue weighted by molar-refractivity contribution is 5.95. The molecule has 1 aliphatic rings. The molecule has 18 heavy (non-hydrogen) atoms. The van der Waals surface area contributed by atoms with Gasteiger partial charge in [0.1, 0.15) is 11.8 Å². The number of carbonyl (C=O) groups excluding carboxylic acids is 2. The second-order valence-corrected chi connectivity index (χ2v) is 3.93. The lowest BCUT2D eigenvalue weighted by atomic mass is 10.0. The maximum atomic E-state index is 11.7. The van der Waals surface area contributed by atoms with E-state index in [-0.39, 0.29) is 18.4 Å². The van der Waals surface area contributed by atoms with Crippen molar-refractivity contribution in [1.29, 1.82) is 0 Å². The zero-order chi connectivity index (χ0) is 13.1. The molecule has 0 saturated carbocycles. The molecule has 1 heterocycles. The third kappa shape index (κ3) is 2.28. The molecule has 0 saturated heterocycles. The van der Waals surface area contributed by atoms with Crippen molar-refractivity contribution >= 4 is 17.5 Å². The van der Waals surface area contributed by atoms with Crippen molar-refractivity contribution in [3.63, 3.8) is 0 Å². The van der Waals surface area contributed by atoms with Crippen molar-refractivity contribution in [3.05, 3.63) is 23.8 Å². The van der Waals surface area contributed by atoms with Gasteiger partial charge in [-0.2, -0.15) is 0 Å². The monoisotopic (exact) mass is 249 g/mol. The lowest BCUT2D eigenvalue weighted by Crippen LogP contribution is -2.34. The van der Waals surface area contributed by atoms with Gasteiger partial charge in [-0.3, -0.25) is 9.59 Å². The van der Waals surface area contributed by atoms with Gasteiger partial charge in [-0.1, -0.05) is 6.07 Å². The van der Waals surface area contributed by atoms with E-state index in [0.717, 1.165) is 5.56 Å². The van der Waals surface area contributed by atoms with Crippen LogP contribution < -0.4 is 20.7 Å². The zero-order valence-corrected chi connectivity index (χ0v) is 10.2. The number of nitrogens with one attached hydrogen (secondary N) is 3. The first-order valence-corrected chi connectivity index (χ1v) is 5.61. The van der Waals surface area contributed by atoms with E-state index >= 15 is 0 Å². The minimum Gasteiger partial charge on any atom is -0.482 e. The molecule has 6 heteroatoms. The number of ether oxygens (including phenoxy) is 1. The number of likely N-dealkylation sites (N-methyl/N-ethyl adjacent to an activating group) is 2. The summed E-state index contributed by atoms with van der Waals surface area (Å²) >= 11 is 0. The van der Waals surface area contributed by atoms with Gasteiger partial charge in [-0.05, 0) is 24.7 Å². The third-order valence-corrected chi connectivity index (χ3v) is 2.77. The molecule has 1 unspecified atom stereocenters. The van der Waals surface area contributed by atoms with Crippen LogP contribution in [0, 0.1) is 0 Å². The smallest absolute Gasteiger partial charge is 0.262 e. The van der Waals surface area contributed by atoms with Gasteiger partial charge in [0.25, 0.3) is 5.91 Å². The van der Waals surface area contributed by atoms with Gasteiger partial charge in [-0.25, -0.2) is 0 Å². The highest BCUT2D eigenvalue weighted by Gasteiger charge is 2.21. The molecule has 2 amide bonds. The topological polar surface area (TPSA) is 79.5 Å². The fourth-order valence-electron chi connectivity index (χ4n) is 1.87. The Morgan fingerprint density at radius 1 is 1.44 bits per heavy atom. The summed E-state index contributed by atoms with van der Waals surface area (Å²) in [7, 11) is 3.28. The molecule has 1 aliphatic heterocycles. The van der Waals surface area contributed by atoms with Gasteiger partial charge in [-0.15, -0.1) is 0 Å². The first-order valence-electron chi connectivity index (χ1n) is 5.61. The molecular weight excluding hydrogens is 234 g/mol. The molecule has 3 N–H and O–H groups in total. The Morgan fingerprint density at radius 2 is 2.22 bits per heavy atom. The normalized spacial score (nSPS) is 15.1. The number of hydrogen-bond donors (Lipinski definition) is 3. The fourth-order valence-corrected chi connectivity index (χ4v) is 1.87. The van der Waals surface area contributed by atoms with Crippen molar-refractivity contribution in [2.45, 2.75) is 6.04 Å². The quantitative estimate of drug-likeness (QED) is 0.706. The van der Waals surface area contributed by atoms with Gasteiger partial charge in [0.2, 0.25) is 5.91 Å². The van der Waals surface area contributed by atoms with E-state index in [1.165, 1.54) is 0 Å². The molecule has 0 aliphatic carbocycles. The Balaban J connectivity index is 2.32. The molecule has 6 nitrogen and oxygen atoms in total.